The summed E-state index contributed by atoms with van der Waals surface area (Å²) in [5.41, 5.74) is 8.31. The number of nitrogens with two attached hydrogens (primary N) is 1. The zero-order valence-corrected chi connectivity index (χ0v) is 13.6. The molecule has 25 heavy (non-hydrogen) atoms. The minimum absolute atomic E-state index is 0.175. The summed E-state index contributed by atoms with van der Waals surface area (Å²) in [5.74, 6) is 0.0865. The number of aromatic nitrogens is 2. The van der Waals surface area contributed by atoms with Gasteiger partial charge in [-0.25, -0.2) is 4.68 Å². The Labute approximate surface area is 145 Å². The van der Waals surface area contributed by atoms with E-state index in [4.69, 9.17) is 10.5 Å². The van der Waals surface area contributed by atoms with E-state index in [2.05, 4.69) is 11.2 Å². The molecule has 1 amide bonds. The summed E-state index contributed by atoms with van der Waals surface area (Å²) < 4.78 is 7.49. The minimum Gasteiger partial charge on any atom is -0.487 e. The first-order valence-corrected chi connectivity index (χ1v) is 7.67. The van der Waals surface area contributed by atoms with Crippen LogP contribution in [-0.4, -0.2) is 15.7 Å². The van der Waals surface area contributed by atoms with Gasteiger partial charge in [-0.15, -0.1) is 0 Å². The number of ether oxygens (including phenoxy) is 1. The van der Waals surface area contributed by atoms with Crippen molar-refractivity contribution in [2.24, 2.45) is 5.73 Å². The van der Waals surface area contributed by atoms with Crippen molar-refractivity contribution in [3.8, 4) is 17.5 Å². The molecule has 2 N–H and O–H groups in total. The molecule has 3 rings (SSSR count). The fourth-order valence-corrected chi connectivity index (χ4v) is 2.50. The van der Waals surface area contributed by atoms with Crippen molar-refractivity contribution in [2.75, 3.05) is 0 Å². The Morgan fingerprint density at radius 3 is 2.48 bits per heavy atom. The van der Waals surface area contributed by atoms with Crippen molar-refractivity contribution in [1.29, 1.82) is 5.26 Å². The van der Waals surface area contributed by atoms with Crippen LogP contribution in [0.1, 0.15) is 27.3 Å². The second-order valence-corrected chi connectivity index (χ2v) is 5.44. The molecule has 0 saturated heterocycles. The van der Waals surface area contributed by atoms with Gasteiger partial charge in [-0.2, -0.15) is 10.4 Å². The molecule has 6 nitrogen and oxygen atoms in total. The Morgan fingerprint density at radius 1 is 1.20 bits per heavy atom. The number of carbonyl (C=O) groups is 1. The first kappa shape index (κ1) is 16.3. The van der Waals surface area contributed by atoms with Gasteiger partial charge in [0.1, 0.15) is 24.0 Å². The molecule has 124 valence electrons. The summed E-state index contributed by atoms with van der Waals surface area (Å²) in [7, 11) is 0. The topological polar surface area (TPSA) is 93.9 Å². The summed E-state index contributed by atoms with van der Waals surface area (Å²) in [6.07, 6.45) is 0. The van der Waals surface area contributed by atoms with Crippen molar-refractivity contribution >= 4 is 5.91 Å². The lowest BCUT2D eigenvalue weighted by molar-refractivity contribution is 0.1000. The second-order valence-electron chi connectivity index (χ2n) is 5.44. The lowest BCUT2D eigenvalue weighted by atomic mass is 10.2. The van der Waals surface area contributed by atoms with Crippen LogP contribution in [0, 0.1) is 18.3 Å². The highest BCUT2D eigenvalue weighted by molar-refractivity contribution is 5.92. The zero-order valence-electron chi connectivity index (χ0n) is 13.6. The number of hydrogen-bond acceptors (Lipinski definition) is 4. The molecule has 0 fully saturated rings. The molecule has 0 aliphatic heterocycles. The number of primary amides is 1. The number of hydrogen-bond donors (Lipinski definition) is 1. The Hall–Kier alpha value is -3.59. The van der Waals surface area contributed by atoms with Crippen LogP contribution in [0.5, 0.6) is 5.75 Å². The zero-order chi connectivity index (χ0) is 17.8. The van der Waals surface area contributed by atoms with Crippen LogP contribution in [0.25, 0.3) is 5.69 Å². The van der Waals surface area contributed by atoms with E-state index >= 15 is 0 Å². The van der Waals surface area contributed by atoms with Gasteiger partial charge >= 0.3 is 0 Å². The van der Waals surface area contributed by atoms with Crippen molar-refractivity contribution in [1.82, 2.24) is 9.78 Å². The Balaban J connectivity index is 1.89. The highest BCUT2D eigenvalue weighted by Crippen LogP contribution is 2.21. The van der Waals surface area contributed by atoms with Crippen molar-refractivity contribution in [2.45, 2.75) is 13.5 Å². The van der Waals surface area contributed by atoms with Gasteiger partial charge in [0.05, 0.1) is 17.1 Å². The molecule has 1 heterocycles. The third-order valence-electron chi connectivity index (χ3n) is 3.78. The van der Waals surface area contributed by atoms with E-state index in [1.54, 1.807) is 35.9 Å². The van der Waals surface area contributed by atoms with Crippen LogP contribution in [0.4, 0.5) is 0 Å². The molecule has 0 bridgehead atoms. The SMILES string of the molecule is Cc1nn(-c2ccccc2)c(COc2ccc(C(N)=O)cc2)c1C#N. The molecule has 0 radical (unpaired) electrons. The van der Waals surface area contributed by atoms with Crippen molar-refractivity contribution < 1.29 is 9.53 Å². The highest BCUT2D eigenvalue weighted by atomic mass is 16.5. The van der Waals surface area contributed by atoms with Gasteiger partial charge in [-0.1, -0.05) is 18.2 Å². The van der Waals surface area contributed by atoms with Gasteiger partial charge in [-0.05, 0) is 43.3 Å². The number of rotatable bonds is 5. The van der Waals surface area contributed by atoms with Crippen LogP contribution >= 0.6 is 0 Å². The normalized spacial score (nSPS) is 10.2. The summed E-state index contributed by atoms with van der Waals surface area (Å²) in [6, 6.07) is 18.3. The average Bonchev–Trinajstić information content (AvgIpc) is 2.96. The minimum atomic E-state index is -0.490. The van der Waals surface area contributed by atoms with E-state index in [-0.39, 0.29) is 6.61 Å². The molecule has 6 heteroatoms. The maximum absolute atomic E-state index is 11.1. The van der Waals surface area contributed by atoms with Gasteiger partial charge in [0.25, 0.3) is 0 Å². The molecule has 1 aromatic heterocycles. The number of carbonyl (C=O) groups excluding carboxylic acids is 1. The average molecular weight is 332 g/mol. The van der Waals surface area contributed by atoms with E-state index in [9.17, 15) is 10.1 Å². The van der Waals surface area contributed by atoms with Gasteiger partial charge in [0.2, 0.25) is 5.91 Å². The van der Waals surface area contributed by atoms with Crippen molar-refractivity contribution in [3.05, 3.63) is 77.1 Å². The largest absolute Gasteiger partial charge is 0.487 e. The maximum Gasteiger partial charge on any atom is 0.248 e. The van der Waals surface area contributed by atoms with Gasteiger partial charge in [0.15, 0.2) is 0 Å². The van der Waals surface area contributed by atoms with Crippen LogP contribution in [0.2, 0.25) is 0 Å². The third kappa shape index (κ3) is 3.35. The maximum atomic E-state index is 11.1. The number of nitriles is 1. The molecular formula is C19H16N4O2. The van der Waals surface area contributed by atoms with Crippen LogP contribution in [0.15, 0.2) is 54.6 Å². The Morgan fingerprint density at radius 2 is 1.88 bits per heavy atom. The molecule has 0 spiro atoms. The van der Waals surface area contributed by atoms with E-state index in [1.807, 2.05) is 30.3 Å². The standard InChI is InChI=1S/C19H16N4O2/c1-13-17(11-20)18(23(22-13)15-5-3-2-4-6-15)12-25-16-9-7-14(8-10-16)19(21)24/h2-10H,12H2,1H3,(H2,21,24). The van der Waals surface area contributed by atoms with Crippen LogP contribution in [0.3, 0.4) is 0 Å². The summed E-state index contributed by atoms with van der Waals surface area (Å²) in [6.45, 7) is 1.97. The van der Waals surface area contributed by atoms with E-state index in [0.29, 0.717) is 28.3 Å². The van der Waals surface area contributed by atoms with Gasteiger partial charge in [-0.3, -0.25) is 4.79 Å². The van der Waals surface area contributed by atoms with E-state index < -0.39 is 5.91 Å². The lowest BCUT2D eigenvalue weighted by Gasteiger charge is -2.10. The predicted molar refractivity (Wildman–Crippen MR) is 92.3 cm³/mol. The summed E-state index contributed by atoms with van der Waals surface area (Å²) in [4.78, 5) is 11.1. The number of nitrogens with zero attached hydrogens (tertiary/aromatic N) is 3. The predicted octanol–water partition coefficient (Wildman–Crippen LogP) is 2.73. The van der Waals surface area contributed by atoms with E-state index in [1.165, 1.54) is 0 Å². The lowest BCUT2D eigenvalue weighted by Crippen LogP contribution is -2.10. The summed E-state index contributed by atoms with van der Waals surface area (Å²) >= 11 is 0. The molecule has 0 unspecified atom stereocenters. The molecule has 0 saturated carbocycles. The third-order valence-corrected chi connectivity index (χ3v) is 3.78. The van der Waals surface area contributed by atoms with Crippen molar-refractivity contribution in [3.63, 3.8) is 0 Å². The number of amides is 1. The quantitative estimate of drug-likeness (QED) is 0.777. The fraction of sp³-hybridized carbons (Fsp3) is 0.105. The van der Waals surface area contributed by atoms with E-state index in [0.717, 1.165) is 5.69 Å². The smallest absolute Gasteiger partial charge is 0.248 e. The first-order valence-electron chi connectivity index (χ1n) is 7.67. The molecule has 2 aromatic carbocycles. The summed E-state index contributed by atoms with van der Waals surface area (Å²) in [5, 5.41) is 13.9. The molecular weight excluding hydrogens is 316 g/mol. The fourth-order valence-electron chi connectivity index (χ4n) is 2.50. The monoisotopic (exact) mass is 332 g/mol. The molecule has 0 aliphatic carbocycles. The molecule has 0 atom stereocenters. The number of benzene rings is 2. The Bertz CT molecular complexity index is 938. The number of aryl methyl sites for hydroxylation is 1. The highest BCUT2D eigenvalue weighted by Gasteiger charge is 2.17. The van der Waals surface area contributed by atoms with Crippen LogP contribution in [-0.2, 0) is 6.61 Å². The first-order chi connectivity index (χ1) is 12.1. The van der Waals surface area contributed by atoms with Crippen LogP contribution < -0.4 is 10.5 Å². The van der Waals surface area contributed by atoms with Gasteiger partial charge < -0.3 is 10.5 Å². The van der Waals surface area contributed by atoms with Gasteiger partial charge in [0, 0.05) is 5.56 Å². The Kier molecular flexibility index (Phi) is 4.48. The number of para-hydroxylation sites is 1. The molecule has 3 aromatic rings. The second kappa shape index (κ2) is 6.89. The molecule has 0 aliphatic rings.